The number of non-ortho nitro benzene ring substituents is 1. The third-order valence-corrected chi connectivity index (χ3v) is 8.26. The molecule has 248 valence electrons. The van der Waals surface area contributed by atoms with Gasteiger partial charge in [0.25, 0.3) is 17.5 Å². The Bertz CT molecular complexity index is 1790. The van der Waals surface area contributed by atoms with Crippen molar-refractivity contribution >= 4 is 52.6 Å². The maximum Gasteiger partial charge on any atom is 0.272 e. The highest BCUT2D eigenvalue weighted by Crippen LogP contribution is 2.38. The molecule has 1 atom stereocenters. The lowest BCUT2D eigenvalue weighted by Gasteiger charge is -2.16. The van der Waals surface area contributed by atoms with Gasteiger partial charge < -0.3 is 30.2 Å². The van der Waals surface area contributed by atoms with Crippen molar-refractivity contribution in [3.8, 4) is 17.2 Å². The van der Waals surface area contributed by atoms with Gasteiger partial charge in [-0.2, -0.15) is 0 Å². The Hall–Kier alpha value is -5.82. The van der Waals surface area contributed by atoms with E-state index in [1.54, 1.807) is 60.7 Å². The third-order valence-electron chi connectivity index (χ3n) is 6.91. The Morgan fingerprint density at radius 1 is 0.833 bits per heavy atom. The number of anilines is 2. The van der Waals surface area contributed by atoms with Gasteiger partial charge in [0, 0.05) is 34.0 Å². The van der Waals surface area contributed by atoms with E-state index in [1.165, 1.54) is 63.4 Å². The lowest BCUT2D eigenvalue weighted by molar-refractivity contribution is -0.384. The molecule has 0 aromatic heterocycles. The summed E-state index contributed by atoms with van der Waals surface area (Å²) in [5.74, 6) is -0.255. The molecule has 48 heavy (non-hydrogen) atoms. The van der Waals surface area contributed by atoms with Crippen molar-refractivity contribution in [3.63, 3.8) is 0 Å². The molecule has 0 saturated heterocycles. The van der Waals surface area contributed by atoms with E-state index in [9.17, 15) is 24.5 Å². The summed E-state index contributed by atoms with van der Waals surface area (Å²) in [5.41, 5.74) is 1.60. The standard InChI is InChI=1S/C35H34N4O8S/c1-5-31(35(42)36-24-14-16-26(17-15-24)39(43)44)48-27-13-9-12-25(21-27)37-34(41)28(38-33(40)23-10-7-6-8-11-23)18-22-19-29(45-2)32(47-4)30(20-22)46-3/h6-21,31H,5H2,1-4H3,(H,36,42)(H,37,41)(H,38,40)/b28-18+. The minimum Gasteiger partial charge on any atom is -0.493 e. The molecule has 3 amide bonds. The van der Waals surface area contributed by atoms with Crippen LogP contribution < -0.4 is 30.2 Å². The Morgan fingerprint density at radius 2 is 1.50 bits per heavy atom. The molecule has 0 aliphatic carbocycles. The van der Waals surface area contributed by atoms with Crippen LogP contribution in [0.1, 0.15) is 29.3 Å². The summed E-state index contributed by atoms with van der Waals surface area (Å²) < 4.78 is 16.3. The van der Waals surface area contributed by atoms with Gasteiger partial charge in [-0.3, -0.25) is 24.5 Å². The summed E-state index contributed by atoms with van der Waals surface area (Å²) in [6.07, 6.45) is 1.99. The Morgan fingerprint density at radius 3 is 2.08 bits per heavy atom. The smallest absolute Gasteiger partial charge is 0.272 e. The van der Waals surface area contributed by atoms with Crippen molar-refractivity contribution in [1.29, 1.82) is 0 Å². The van der Waals surface area contributed by atoms with Crippen molar-refractivity contribution in [2.24, 2.45) is 0 Å². The van der Waals surface area contributed by atoms with Crippen LogP contribution in [0, 0.1) is 10.1 Å². The molecule has 0 radical (unpaired) electrons. The van der Waals surface area contributed by atoms with Crippen molar-refractivity contribution in [3.05, 3.63) is 118 Å². The number of benzene rings is 4. The molecule has 0 bridgehead atoms. The zero-order valence-corrected chi connectivity index (χ0v) is 27.5. The van der Waals surface area contributed by atoms with Gasteiger partial charge in [-0.15, -0.1) is 11.8 Å². The number of nitrogens with one attached hydrogen (secondary N) is 3. The van der Waals surface area contributed by atoms with E-state index in [0.29, 0.717) is 51.1 Å². The molecule has 0 saturated carbocycles. The van der Waals surface area contributed by atoms with Crippen LogP contribution in [-0.4, -0.2) is 49.2 Å². The second-order valence-corrected chi connectivity index (χ2v) is 11.4. The van der Waals surface area contributed by atoms with Crippen molar-refractivity contribution < 1.29 is 33.5 Å². The molecule has 12 nitrogen and oxygen atoms in total. The summed E-state index contributed by atoms with van der Waals surface area (Å²) in [6, 6.07) is 24.3. The largest absolute Gasteiger partial charge is 0.493 e. The van der Waals surface area contributed by atoms with Gasteiger partial charge in [0.1, 0.15) is 5.70 Å². The van der Waals surface area contributed by atoms with Gasteiger partial charge in [0.05, 0.1) is 31.5 Å². The average molecular weight is 671 g/mol. The topological polar surface area (TPSA) is 158 Å². The van der Waals surface area contributed by atoms with Crippen LogP contribution in [0.15, 0.2) is 102 Å². The number of hydrogen-bond donors (Lipinski definition) is 3. The predicted molar refractivity (Wildman–Crippen MR) is 185 cm³/mol. The SMILES string of the molecule is CCC(Sc1cccc(NC(=O)/C(=C\c2cc(OC)c(OC)c(OC)c2)NC(=O)c2ccccc2)c1)C(=O)Nc1ccc([N+](=O)[O-])cc1. The number of nitro benzene ring substituents is 1. The summed E-state index contributed by atoms with van der Waals surface area (Å²) >= 11 is 1.30. The Labute approximate surface area is 281 Å². The quantitative estimate of drug-likeness (QED) is 0.0586. The first-order valence-electron chi connectivity index (χ1n) is 14.7. The van der Waals surface area contributed by atoms with Gasteiger partial charge in [0.2, 0.25) is 11.7 Å². The highest BCUT2D eigenvalue weighted by atomic mass is 32.2. The van der Waals surface area contributed by atoms with Gasteiger partial charge in [-0.1, -0.05) is 31.2 Å². The zero-order valence-electron chi connectivity index (χ0n) is 26.6. The molecule has 4 aromatic carbocycles. The van der Waals surface area contributed by atoms with E-state index >= 15 is 0 Å². The van der Waals surface area contributed by atoms with Crippen LogP contribution >= 0.6 is 11.8 Å². The molecule has 1 unspecified atom stereocenters. The first-order chi connectivity index (χ1) is 23.1. The molecule has 0 spiro atoms. The zero-order chi connectivity index (χ0) is 34.6. The number of hydrogen-bond acceptors (Lipinski definition) is 9. The van der Waals surface area contributed by atoms with Crippen LogP contribution in [0.2, 0.25) is 0 Å². The average Bonchev–Trinajstić information content (AvgIpc) is 3.10. The number of amides is 3. The lowest BCUT2D eigenvalue weighted by Crippen LogP contribution is -2.30. The van der Waals surface area contributed by atoms with E-state index in [1.807, 2.05) is 13.0 Å². The molecule has 0 aliphatic rings. The predicted octanol–water partition coefficient (Wildman–Crippen LogP) is 6.54. The molecule has 0 fully saturated rings. The number of nitro groups is 1. The lowest BCUT2D eigenvalue weighted by atomic mass is 10.1. The number of rotatable bonds is 14. The number of carbonyl (C=O) groups is 3. The number of thioether (sulfide) groups is 1. The van der Waals surface area contributed by atoms with Crippen LogP contribution in [0.25, 0.3) is 6.08 Å². The van der Waals surface area contributed by atoms with Gasteiger partial charge in [-0.05, 0) is 72.7 Å². The Kier molecular flexibility index (Phi) is 12.2. The van der Waals surface area contributed by atoms with Gasteiger partial charge in [0.15, 0.2) is 11.5 Å². The molecule has 13 heteroatoms. The molecule has 4 aromatic rings. The van der Waals surface area contributed by atoms with E-state index in [2.05, 4.69) is 16.0 Å². The van der Waals surface area contributed by atoms with Crippen molar-refractivity contribution in [1.82, 2.24) is 5.32 Å². The fourth-order valence-corrected chi connectivity index (χ4v) is 5.53. The number of carbonyl (C=O) groups excluding carboxylic acids is 3. The first kappa shape index (κ1) is 35.0. The number of methoxy groups -OCH3 is 3. The second-order valence-electron chi connectivity index (χ2n) is 10.1. The third kappa shape index (κ3) is 9.13. The van der Waals surface area contributed by atoms with Crippen LogP contribution in [-0.2, 0) is 9.59 Å². The van der Waals surface area contributed by atoms with Crippen LogP contribution in [0.5, 0.6) is 17.2 Å². The summed E-state index contributed by atoms with van der Waals surface area (Å²) in [6.45, 7) is 1.87. The molecule has 4 rings (SSSR count). The maximum absolute atomic E-state index is 13.7. The fourth-order valence-electron chi connectivity index (χ4n) is 4.52. The van der Waals surface area contributed by atoms with Crippen LogP contribution in [0.4, 0.5) is 17.1 Å². The van der Waals surface area contributed by atoms with Gasteiger partial charge in [-0.25, -0.2) is 0 Å². The normalized spacial score (nSPS) is 11.5. The monoisotopic (exact) mass is 670 g/mol. The second kappa shape index (κ2) is 16.7. The van der Waals surface area contributed by atoms with Crippen molar-refractivity contribution in [2.45, 2.75) is 23.5 Å². The van der Waals surface area contributed by atoms with Gasteiger partial charge >= 0.3 is 0 Å². The summed E-state index contributed by atoms with van der Waals surface area (Å²) in [4.78, 5) is 51.0. The number of nitrogens with zero attached hydrogens (tertiary/aromatic N) is 1. The highest BCUT2D eigenvalue weighted by molar-refractivity contribution is 8.00. The highest BCUT2D eigenvalue weighted by Gasteiger charge is 2.21. The fraction of sp³-hybridized carbons (Fsp3) is 0.171. The Balaban J connectivity index is 1.56. The molecular formula is C35H34N4O8S. The van der Waals surface area contributed by atoms with E-state index in [0.717, 1.165) is 0 Å². The molecular weight excluding hydrogens is 636 g/mol. The van der Waals surface area contributed by atoms with Crippen LogP contribution in [0.3, 0.4) is 0 Å². The maximum atomic E-state index is 13.7. The molecule has 0 aliphatic heterocycles. The van der Waals surface area contributed by atoms with E-state index in [4.69, 9.17) is 14.2 Å². The minimum absolute atomic E-state index is 0.0508. The molecule has 0 heterocycles. The van der Waals surface area contributed by atoms with E-state index in [-0.39, 0.29) is 17.3 Å². The van der Waals surface area contributed by atoms with E-state index < -0.39 is 22.0 Å². The minimum atomic E-state index is -0.599. The summed E-state index contributed by atoms with van der Waals surface area (Å²) in [7, 11) is 4.43. The molecule has 3 N–H and O–H groups in total. The van der Waals surface area contributed by atoms with Crippen molar-refractivity contribution in [2.75, 3.05) is 32.0 Å². The first-order valence-corrected chi connectivity index (χ1v) is 15.5. The summed E-state index contributed by atoms with van der Waals surface area (Å²) in [5, 5.41) is 18.8. The number of ether oxygens (including phenoxy) is 3.